The third-order valence-electron chi connectivity index (χ3n) is 4.42. The lowest BCUT2D eigenvalue weighted by molar-refractivity contribution is 0.691. The monoisotopic (exact) mass is 284 g/mol. The van der Waals surface area contributed by atoms with Crippen LogP contribution in [0.15, 0.2) is 91.5 Å². The Morgan fingerprint density at radius 2 is 1.14 bits per heavy atom. The Bertz CT molecular complexity index is 715. The van der Waals surface area contributed by atoms with Gasteiger partial charge in [-0.15, -0.1) is 0 Å². The van der Waals surface area contributed by atoms with E-state index in [1.807, 2.05) is 6.08 Å². The minimum absolute atomic E-state index is 0.201. The molecule has 0 saturated carbocycles. The highest BCUT2D eigenvalue weighted by atomic mass is 14.3. The van der Waals surface area contributed by atoms with Gasteiger partial charge in [0.2, 0.25) is 0 Å². The van der Waals surface area contributed by atoms with Crippen LogP contribution in [0.3, 0.4) is 0 Å². The van der Waals surface area contributed by atoms with E-state index in [0.717, 1.165) is 0 Å². The van der Waals surface area contributed by atoms with Crippen molar-refractivity contribution in [2.75, 3.05) is 0 Å². The van der Waals surface area contributed by atoms with Crippen molar-refractivity contribution >= 4 is 6.08 Å². The average Bonchev–Trinajstić information content (AvgIpc) is 2.62. The van der Waals surface area contributed by atoms with E-state index in [1.165, 1.54) is 22.3 Å². The van der Waals surface area contributed by atoms with E-state index in [1.54, 1.807) is 0 Å². The first-order valence-electron chi connectivity index (χ1n) is 7.60. The van der Waals surface area contributed by atoms with Crippen LogP contribution in [0, 0.1) is 0 Å². The number of benzene rings is 3. The lowest BCUT2D eigenvalue weighted by Gasteiger charge is -2.33. The zero-order valence-corrected chi connectivity index (χ0v) is 12.9. The van der Waals surface area contributed by atoms with Crippen LogP contribution in [0.5, 0.6) is 0 Å². The van der Waals surface area contributed by atoms with Gasteiger partial charge in [0.15, 0.2) is 0 Å². The Kier molecular flexibility index (Phi) is 3.93. The lowest BCUT2D eigenvalue weighted by Crippen LogP contribution is -2.26. The molecule has 0 fully saturated rings. The molecule has 0 N–H and O–H groups in total. The van der Waals surface area contributed by atoms with Gasteiger partial charge in [0.05, 0.1) is 0 Å². The summed E-state index contributed by atoms with van der Waals surface area (Å²) in [5.74, 6) is 0. The van der Waals surface area contributed by atoms with Crippen LogP contribution < -0.4 is 0 Å². The van der Waals surface area contributed by atoms with E-state index in [0.29, 0.717) is 0 Å². The van der Waals surface area contributed by atoms with E-state index in [-0.39, 0.29) is 5.41 Å². The molecule has 0 amide bonds. The van der Waals surface area contributed by atoms with Crippen molar-refractivity contribution in [3.05, 3.63) is 114 Å². The fraction of sp³-hybridized carbons (Fsp3) is 0.0909. The lowest BCUT2D eigenvalue weighted by atomic mass is 9.69. The Balaban J connectivity index is 2.31. The van der Waals surface area contributed by atoms with E-state index < -0.39 is 0 Å². The fourth-order valence-electron chi connectivity index (χ4n) is 3.15. The zero-order chi connectivity index (χ0) is 15.4. The number of rotatable bonds is 4. The van der Waals surface area contributed by atoms with Crippen molar-refractivity contribution in [3.63, 3.8) is 0 Å². The molecule has 3 rings (SSSR count). The van der Waals surface area contributed by atoms with Crippen molar-refractivity contribution in [3.8, 4) is 0 Å². The molecule has 0 atom stereocenters. The summed E-state index contributed by atoms with van der Waals surface area (Å²) in [7, 11) is 0. The van der Waals surface area contributed by atoms with Crippen LogP contribution in [-0.2, 0) is 5.41 Å². The zero-order valence-electron chi connectivity index (χ0n) is 12.9. The summed E-state index contributed by atoms with van der Waals surface area (Å²) in [6, 6.07) is 29.9. The largest absolute Gasteiger partial charge is 0.0985 e. The van der Waals surface area contributed by atoms with E-state index in [4.69, 9.17) is 0 Å². The van der Waals surface area contributed by atoms with Gasteiger partial charge >= 0.3 is 0 Å². The van der Waals surface area contributed by atoms with Crippen LogP contribution in [0.2, 0.25) is 0 Å². The van der Waals surface area contributed by atoms with Gasteiger partial charge in [-0.2, -0.15) is 0 Å². The van der Waals surface area contributed by atoms with Gasteiger partial charge in [0.1, 0.15) is 0 Å². The molecule has 0 radical (unpaired) electrons. The fourth-order valence-corrected chi connectivity index (χ4v) is 3.15. The summed E-state index contributed by atoms with van der Waals surface area (Å²) in [6.07, 6.45) is 1.94. The van der Waals surface area contributed by atoms with Gasteiger partial charge in [-0.1, -0.05) is 97.6 Å². The van der Waals surface area contributed by atoms with Crippen molar-refractivity contribution in [1.82, 2.24) is 0 Å². The van der Waals surface area contributed by atoms with Gasteiger partial charge in [0, 0.05) is 5.41 Å². The molecule has 0 nitrogen and oxygen atoms in total. The third kappa shape index (κ3) is 2.37. The molecule has 0 saturated heterocycles. The van der Waals surface area contributed by atoms with E-state index in [2.05, 4.69) is 98.4 Å². The first kappa shape index (κ1) is 14.3. The smallest absolute Gasteiger partial charge is 0.0429 e. The van der Waals surface area contributed by atoms with Crippen LogP contribution in [-0.4, -0.2) is 0 Å². The summed E-state index contributed by atoms with van der Waals surface area (Å²) >= 11 is 0. The van der Waals surface area contributed by atoms with Crippen molar-refractivity contribution in [1.29, 1.82) is 0 Å². The maximum absolute atomic E-state index is 3.99. The molecule has 0 aromatic heterocycles. The third-order valence-corrected chi connectivity index (χ3v) is 4.42. The van der Waals surface area contributed by atoms with E-state index in [9.17, 15) is 0 Å². The summed E-state index contributed by atoms with van der Waals surface area (Å²) < 4.78 is 0. The van der Waals surface area contributed by atoms with Gasteiger partial charge < -0.3 is 0 Å². The molecular formula is C22H20. The molecule has 0 aliphatic heterocycles. The molecule has 0 aliphatic rings. The average molecular weight is 284 g/mol. The summed E-state index contributed by atoms with van der Waals surface area (Å²) in [5, 5.41) is 0. The summed E-state index contributed by atoms with van der Waals surface area (Å²) in [5.41, 5.74) is 4.83. The quantitative estimate of drug-likeness (QED) is 0.540. The van der Waals surface area contributed by atoms with Crippen LogP contribution in [0.25, 0.3) is 6.08 Å². The highest BCUT2D eigenvalue weighted by Crippen LogP contribution is 2.40. The highest BCUT2D eigenvalue weighted by molar-refractivity contribution is 5.60. The minimum Gasteiger partial charge on any atom is -0.0985 e. The second-order valence-electron chi connectivity index (χ2n) is 5.65. The second-order valence-corrected chi connectivity index (χ2v) is 5.65. The second kappa shape index (κ2) is 6.03. The standard InChI is InChI=1S/C22H20/c1-3-18-12-10-11-17-21(18)22(2,19-13-6-4-7-14-19)20-15-8-5-9-16-20/h3-17H,1H2,2H3. The first-order valence-corrected chi connectivity index (χ1v) is 7.60. The van der Waals surface area contributed by atoms with Crippen molar-refractivity contribution in [2.24, 2.45) is 0 Å². The Morgan fingerprint density at radius 3 is 1.64 bits per heavy atom. The maximum atomic E-state index is 3.99. The van der Waals surface area contributed by atoms with Gasteiger partial charge in [-0.05, 0) is 29.2 Å². The van der Waals surface area contributed by atoms with Gasteiger partial charge in [0.25, 0.3) is 0 Å². The molecule has 22 heavy (non-hydrogen) atoms. The van der Waals surface area contributed by atoms with Crippen LogP contribution >= 0.6 is 0 Å². The Hall–Kier alpha value is -2.60. The van der Waals surface area contributed by atoms with E-state index >= 15 is 0 Å². The summed E-state index contributed by atoms with van der Waals surface area (Å²) in [6.45, 7) is 6.28. The van der Waals surface area contributed by atoms with Crippen molar-refractivity contribution < 1.29 is 0 Å². The predicted molar refractivity (Wildman–Crippen MR) is 95.0 cm³/mol. The molecule has 0 spiro atoms. The molecule has 3 aromatic carbocycles. The molecular weight excluding hydrogens is 264 g/mol. The molecule has 3 aromatic rings. The minimum atomic E-state index is -0.201. The van der Waals surface area contributed by atoms with Crippen molar-refractivity contribution in [2.45, 2.75) is 12.3 Å². The number of hydrogen-bond acceptors (Lipinski definition) is 0. The van der Waals surface area contributed by atoms with Gasteiger partial charge in [-0.25, -0.2) is 0 Å². The van der Waals surface area contributed by atoms with Crippen LogP contribution in [0.1, 0.15) is 29.2 Å². The summed E-state index contributed by atoms with van der Waals surface area (Å²) in [4.78, 5) is 0. The Morgan fingerprint density at radius 1 is 0.682 bits per heavy atom. The molecule has 0 unspecified atom stereocenters. The number of hydrogen-bond donors (Lipinski definition) is 0. The SMILES string of the molecule is C=Cc1ccccc1C(C)(c1ccccc1)c1ccccc1. The highest BCUT2D eigenvalue weighted by Gasteiger charge is 2.32. The predicted octanol–water partition coefficient (Wildman–Crippen LogP) is 5.68. The molecule has 0 heteroatoms. The normalized spacial score (nSPS) is 11.1. The maximum Gasteiger partial charge on any atom is 0.0429 e. The van der Waals surface area contributed by atoms with Gasteiger partial charge in [-0.3, -0.25) is 0 Å². The molecule has 0 bridgehead atoms. The van der Waals surface area contributed by atoms with Crippen LogP contribution in [0.4, 0.5) is 0 Å². The molecule has 108 valence electrons. The Labute approximate surface area is 132 Å². The first-order chi connectivity index (χ1) is 10.8. The molecule has 0 heterocycles. The topological polar surface area (TPSA) is 0 Å². The molecule has 0 aliphatic carbocycles.